The Labute approximate surface area is 366 Å². The average molecular weight is 844 g/mol. The molecule has 1 amide bonds. The molecule has 0 aromatic rings. The molecule has 0 spiro atoms. The van der Waals surface area contributed by atoms with Crippen LogP contribution in [0.2, 0.25) is 0 Å². The minimum atomic E-state index is -1.58. The van der Waals surface area contributed by atoms with Crippen LogP contribution in [-0.2, 0) is 14.3 Å². The summed E-state index contributed by atoms with van der Waals surface area (Å²) in [5.41, 5.74) is 0. The Morgan fingerprint density at radius 1 is 0.583 bits per heavy atom. The second kappa shape index (κ2) is 40.7. The number of ether oxygens (including phenoxy) is 2. The smallest absolute Gasteiger partial charge is 0.220 e. The standard InChI is InChI=1S/C51H89NO8/c1-3-5-7-9-11-13-15-17-19-21-22-23-25-26-28-30-32-34-36-38-40-45(54)44(43-59-51-50(58)49(57)48(56)46(42-53)60-51)52-47(55)41-39-37-35-33-31-29-27-24-20-18-16-14-12-10-8-6-4-2/h6,8,12,14,18,20,27,29,33,35,38,40,44-46,48-51,53-54,56-58H,3-5,7,9-11,13,15-17,19,21-26,28,30-32,34,36-37,39,41-43H2,1-2H3,(H,52,55)/b8-6-,14-12-,20-18-,29-27-,35-33-,40-38+. The van der Waals surface area contributed by atoms with Crippen molar-refractivity contribution >= 4 is 5.91 Å². The van der Waals surface area contributed by atoms with Crippen molar-refractivity contribution in [1.29, 1.82) is 0 Å². The highest BCUT2D eigenvalue weighted by Crippen LogP contribution is 2.22. The second-order valence-corrected chi connectivity index (χ2v) is 16.5. The largest absolute Gasteiger partial charge is 0.394 e. The van der Waals surface area contributed by atoms with Gasteiger partial charge in [-0.1, -0.05) is 196 Å². The number of carbonyl (C=O) groups is 1. The number of aliphatic hydroxyl groups is 5. The molecule has 0 aliphatic carbocycles. The first-order valence-electron chi connectivity index (χ1n) is 24.2. The van der Waals surface area contributed by atoms with Crippen molar-refractivity contribution in [3.63, 3.8) is 0 Å². The summed E-state index contributed by atoms with van der Waals surface area (Å²) in [6.45, 7) is 3.62. The Kier molecular flexibility index (Phi) is 37.7. The fraction of sp³-hybridized carbons (Fsp3) is 0.745. The molecule has 9 heteroatoms. The minimum absolute atomic E-state index is 0.214. The van der Waals surface area contributed by atoms with Gasteiger partial charge in [-0.15, -0.1) is 0 Å². The fourth-order valence-electron chi connectivity index (χ4n) is 7.19. The molecule has 1 aliphatic rings. The lowest BCUT2D eigenvalue weighted by Gasteiger charge is -2.40. The third kappa shape index (κ3) is 30.6. The molecule has 6 N–H and O–H groups in total. The van der Waals surface area contributed by atoms with E-state index >= 15 is 0 Å². The van der Waals surface area contributed by atoms with Gasteiger partial charge in [0.15, 0.2) is 6.29 Å². The van der Waals surface area contributed by atoms with Crippen LogP contribution in [0.5, 0.6) is 0 Å². The molecule has 9 nitrogen and oxygen atoms in total. The van der Waals surface area contributed by atoms with Crippen LogP contribution in [0.15, 0.2) is 72.9 Å². The fourth-order valence-corrected chi connectivity index (χ4v) is 7.19. The van der Waals surface area contributed by atoms with E-state index in [1.807, 2.05) is 6.08 Å². The van der Waals surface area contributed by atoms with E-state index in [1.54, 1.807) is 6.08 Å². The van der Waals surface area contributed by atoms with Crippen LogP contribution in [0, 0.1) is 0 Å². The predicted octanol–water partition coefficient (Wildman–Crippen LogP) is 10.6. The van der Waals surface area contributed by atoms with Gasteiger partial charge in [0.2, 0.25) is 5.91 Å². The van der Waals surface area contributed by atoms with Gasteiger partial charge in [0, 0.05) is 6.42 Å². The van der Waals surface area contributed by atoms with Crippen molar-refractivity contribution in [3.8, 4) is 0 Å². The van der Waals surface area contributed by atoms with Gasteiger partial charge in [0.05, 0.1) is 25.4 Å². The monoisotopic (exact) mass is 844 g/mol. The molecule has 0 radical (unpaired) electrons. The maximum absolute atomic E-state index is 12.9. The van der Waals surface area contributed by atoms with Gasteiger partial charge in [0.25, 0.3) is 0 Å². The van der Waals surface area contributed by atoms with E-state index < -0.39 is 49.5 Å². The van der Waals surface area contributed by atoms with Gasteiger partial charge in [-0.05, 0) is 57.8 Å². The number of hydrogen-bond donors (Lipinski definition) is 6. The summed E-state index contributed by atoms with van der Waals surface area (Å²) < 4.78 is 11.2. The van der Waals surface area contributed by atoms with Crippen molar-refractivity contribution in [3.05, 3.63) is 72.9 Å². The molecular formula is C51H89NO8. The first-order valence-corrected chi connectivity index (χ1v) is 24.2. The second-order valence-electron chi connectivity index (χ2n) is 16.5. The molecule has 0 aromatic heterocycles. The topological polar surface area (TPSA) is 149 Å². The normalized spacial score (nSPS) is 21.2. The molecule has 7 unspecified atom stereocenters. The van der Waals surface area contributed by atoms with Gasteiger partial charge in [-0.3, -0.25) is 4.79 Å². The molecule has 1 rings (SSSR count). The van der Waals surface area contributed by atoms with Crippen LogP contribution in [0.3, 0.4) is 0 Å². The SMILES string of the molecule is CC/C=C\C/C=C\C/C=C\C/C=C\C/C=C\CCCC(=O)NC(COC1OC(CO)C(O)C(O)C1O)C(O)/C=C/CCCCCCCCCCCCCCCCCCCC. The number of nitrogens with one attached hydrogen (secondary N) is 1. The molecule has 1 aliphatic heterocycles. The van der Waals surface area contributed by atoms with E-state index in [4.69, 9.17) is 9.47 Å². The summed E-state index contributed by atoms with van der Waals surface area (Å²) in [5, 5.41) is 54.2. The van der Waals surface area contributed by atoms with E-state index in [0.29, 0.717) is 6.42 Å². The lowest BCUT2D eigenvalue weighted by atomic mass is 9.99. The Balaban J connectivity index is 2.38. The maximum atomic E-state index is 12.9. The Hall–Kier alpha value is -2.37. The molecule has 0 saturated carbocycles. The molecular weight excluding hydrogens is 755 g/mol. The van der Waals surface area contributed by atoms with Crippen LogP contribution in [0.4, 0.5) is 0 Å². The number of allylic oxidation sites excluding steroid dienone is 11. The van der Waals surface area contributed by atoms with Crippen molar-refractivity contribution < 1.29 is 39.8 Å². The molecule has 60 heavy (non-hydrogen) atoms. The summed E-state index contributed by atoms with van der Waals surface area (Å²) in [6.07, 6.45) is 48.1. The van der Waals surface area contributed by atoms with E-state index in [9.17, 15) is 30.3 Å². The molecule has 1 fully saturated rings. The number of amides is 1. The van der Waals surface area contributed by atoms with Crippen molar-refractivity contribution in [2.75, 3.05) is 13.2 Å². The van der Waals surface area contributed by atoms with Gasteiger partial charge in [-0.25, -0.2) is 0 Å². The van der Waals surface area contributed by atoms with Crippen LogP contribution in [0.25, 0.3) is 0 Å². The Morgan fingerprint density at radius 2 is 1.03 bits per heavy atom. The number of unbranched alkanes of at least 4 members (excludes halogenated alkanes) is 19. The number of carbonyl (C=O) groups excluding carboxylic acids is 1. The highest BCUT2D eigenvalue weighted by Gasteiger charge is 2.44. The number of hydrogen-bond acceptors (Lipinski definition) is 8. The van der Waals surface area contributed by atoms with Crippen LogP contribution in [-0.4, -0.2) is 87.5 Å². The highest BCUT2D eigenvalue weighted by atomic mass is 16.7. The first-order chi connectivity index (χ1) is 29.3. The molecule has 346 valence electrons. The van der Waals surface area contributed by atoms with Crippen LogP contribution >= 0.6 is 0 Å². The minimum Gasteiger partial charge on any atom is -0.394 e. The molecule has 0 bridgehead atoms. The lowest BCUT2D eigenvalue weighted by molar-refractivity contribution is -0.302. The lowest BCUT2D eigenvalue weighted by Crippen LogP contribution is -2.60. The molecule has 0 aromatic carbocycles. The Bertz CT molecular complexity index is 1160. The zero-order valence-corrected chi connectivity index (χ0v) is 37.9. The zero-order valence-electron chi connectivity index (χ0n) is 37.9. The maximum Gasteiger partial charge on any atom is 0.220 e. The quantitative estimate of drug-likeness (QED) is 0.0265. The summed E-state index contributed by atoms with van der Waals surface area (Å²) in [4.78, 5) is 12.9. The highest BCUT2D eigenvalue weighted by molar-refractivity contribution is 5.76. The average Bonchev–Trinajstić information content (AvgIpc) is 3.25. The number of aliphatic hydroxyl groups excluding tert-OH is 5. The van der Waals surface area contributed by atoms with Crippen molar-refractivity contribution in [2.24, 2.45) is 0 Å². The molecule has 7 atom stereocenters. The third-order valence-corrected chi connectivity index (χ3v) is 11.0. The summed E-state index contributed by atoms with van der Waals surface area (Å²) >= 11 is 0. The summed E-state index contributed by atoms with van der Waals surface area (Å²) in [7, 11) is 0. The predicted molar refractivity (Wildman–Crippen MR) is 249 cm³/mol. The van der Waals surface area contributed by atoms with Gasteiger partial charge in [0.1, 0.15) is 24.4 Å². The van der Waals surface area contributed by atoms with Crippen LogP contribution < -0.4 is 5.32 Å². The number of rotatable bonds is 39. The summed E-state index contributed by atoms with van der Waals surface area (Å²) in [6, 6.07) is -0.838. The van der Waals surface area contributed by atoms with Crippen molar-refractivity contribution in [1.82, 2.24) is 5.32 Å². The van der Waals surface area contributed by atoms with Gasteiger partial charge >= 0.3 is 0 Å². The first kappa shape index (κ1) is 55.6. The van der Waals surface area contributed by atoms with Gasteiger partial charge in [-0.2, -0.15) is 0 Å². The third-order valence-electron chi connectivity index (χ3n) is 11.0. The molecule has 1 heterocycles. The van der Waals surface area contributed by atoms with E-state index in [-0.39, 0.29) is 18.9 Å². The zero-order chi connectivity index (χ0) is 43.7. The summed E-state index contributed by atoms with van der Waals surface area (Å²) in [5.74, 6) is -0.235. The van der Waals surface area contributed by atoms with Crippen LogP contribution in [0.1, 0.15) is 187 Å². The van der Waals surface area contributed by atoms with Crippen molar-refractivity contribution in [2.45, 2.75) is 230 Å². The van der Waals surface area contributed by atoms with E-state index in [1.165, 1.54) is 103 Å². The van der Waals surface area contributed by atoms with Gasteiger partial charge < -0.3 is 40.3 Å². The Morgan fingerprint density at radius 3 is 1.52 bits per heavy atom. The molecule has 1 saturated heterocycles. The van der Waals surface area contributed by atoms with E-state index in [0.717, 1.165) is 57.8 Å². The van der Waals surface area contributed by atoms with E-state index in [2.05, 4.69) is 79.9 Å².